The van der Waals surface area contributed by atoms with Crippen molar-refractivity contribution in [2.75, 3.05) is 12.4 Å². The molecule has 132 valence electrons. The summed E-state index contributed by atoms with van der Waals surface area (Å²) in [5, 5.41) is 5.74. The van der Waals surface area contributed by atoms with Gasteiger partial charge in [0.15, 0.2) is 0 Å². The minimum absolute atomic E-state index is 0.112. The van der Waals surface area contributed by atoms with E-state index < -0.39 is 0 Å². The van der Waals surface area contributed by atoms with Crippen molar-refractivity contribution in [3.8, 4) is 5.75 Å². The van der Waals surface area contributed by atoms with Crippen molar-refractivity contribution in [3.05, 3.63) is 59.7 Å². The van der Waals surface area contributed by atoms with Gasteiger partial charge in [-0.25, -0.2) is 0 Å². The molecule has 5 nitrogen and oxygen atoms in total. The van der Waals surface area contributed by atoms with Crippen molar-refractivity contribution in [2.24, 2.45) is 0 Å². The standard InChI is InChI=1S/C20H24N2O3/c1-4-14(2)21-20(24)16-6-5-7-17(13-16)22-19(23)12-15-8-10-18(25-3)11-9-15/h5-11,13-14H,4,12H2,1-3H3,(H,21,24)(H,22,23)/t14-/m0/s1. The van der Waals surface area contributed by atoms with Crippen LogP contribution in [0, 0.1) is 0 Å². The summed E-state index contributed by atoms with van der Waals surface area (Å²) in [5.41, 5.74) is 2.03. The molecule has 0 aliphatic carbocycles. The molecule has 2 amide bonds. The third kappa shape index (κ3) is 5.64. The number of hydrogen-bond donors (Lipinski definition) is 2. The van der Waals surface area contributed by atoms with Crippen molar-refractivity contribution >= 4 is 17.5 Å². The van der Waals surface area contributed by atoms with Gasteiger partial charge in [0.2, 0.25) is 5.91 Å². The lowest BCUT2D eigenvalue weighted by Crippen LogP contribution is -2.31. The van der Waals surface area contributed by atoms with Crippen LogP contribution in [-0.4, -0.2) is 25.0 Å². The van der Waals surface area contributed by atoms with Gasteiger partial charge in [-0.1, -0.05) is 25.1 Å². The van der Waals surface area contributed by atoms with Crippen LogP contribution >= 0.6 is 0 Å². The number of rotatable bonds is 7. The van der Waals surface area contributed by atoms with Crippen LogP contribution in [0.3, 0.4) is 0 Å². The number of ether oxygens (including phenoxy) is 1. The maximum atomic E-state index is 12.2. The molecule has 0 fully saturated rings. The first-order valence-electron chi connectivity index (χ1n) is 8.35. The SMILES string of the molecule is CC[C@H](C)NC(=O)c1cccc(NC(=O)Cc2ccc(OC)cc2)c1. The number of carbonyl (C=O) groups is 2. The van der Waals surface area contributed by atoms with Gasteiger partial charge in [-0.3, -0.25) is 9.59 Å². The van der Waals surface area contributed by atoms with Crippen LogP contribution in [0.5, 0.6) is 5.75 Å². The predicted molar refractivity (Wildman–Crippen MR) is 99.0 cm³/mol. The fourth-order valence-corrected chi connectivity index (χ4v) is 2.28. The van der Waals surface area contributed by atoms with E-state index in [0.29, 0.717) is 11.3 Å². The molecule has 0 aliphatic heterocycles. The molecule has 0 bridgehead atoms. The Kier molecular flexibility index (Phi) is 6.57. The number of hydrogen-bond acceptors (Lipinski definition) is 3. The summed E-state index contributed by atoms with van der Waals surface area (Å²) in [7, 11) is 1.60. The van der Waals surface area contributed by atoms with Crippen LogP contribution in [0.1, 0.15) is 36.2 Å². The minimum Gasteiger partial charge on any atom is -0.497 e. The summed E-state index contributed by atoms with van der Waals surface area (Å²) in [5.74, 6) is 0.481. The van der Waals surface area contributed by atoms with Gasteiger partial charge in [-0.15, -0.1) is 0 Å². The highest BCUT2D eigenvalue weighted by molar-refractivity contribution is 5.97. The van der Waals surface area contributed by atoms with Crippen LogP contribution in [0.2, 0.25) is 0 Å². The van der Waals surface area contributed by atoms with E-state index in [-0.39, 0.29) is 24.3 Å². The second-order valence-electron chi connectivity index (χ2n) is 5.94. The van der Waals surface area contributed by atoms with E-state index in [2.05, 4.69) is 10.6 Å². The first-order valence-corrected chi connectivity index (χ1v) is 8.35. The summed E-state index contributed by atoms with van der Waals surface area (Å²) in [4.78, 5) is 24.4. The van der Waals surface area contributed by atoms with E-state index >= 15 is 0 Å². The molecule has 0 saturated carbocycles. The average Bonchev–Trinajstić information content (AvgIpc) is 2.62. The highest BCUT2D eigenvalue weighted by Crippen LogP contribution is 2.14. The van der Waals surface area contributed by atoms with Gasteiger partial charge in [0.1, 0.15) is 5.75 Å². The summed E-state index contributed by atoms with van der Waals surface area (Å²) >= 11 is 0. The molecule has 2 rings (SSSR count). The second kappa shape index (κ2) is 8.87. The Balaban J connectivity index is 1.98. The Morgan fingerprint density at radius 1 is 1.12 bits per heavy atom. The van der Waals surface area contributed by atoms with Gasteiger partial charge >= 0.3 is 0 Å². The molecule has 2 aromatic rings. The van der Waals surface area contributed by atoms with Gasteiger partial charge in [0.05, 0.1) is 13.5 Å². The molecule has 25 heavy (non-hydrogen) atoms. The third-order valence-corrected chi connectivity index (χ3v) is 3.92. The van der Waals surface area contributed by atoms with E-state index in [9.17, 15) is 9.59 Å². The maximum Gasteiger partial charge on any atom is 0.251 e. The summed E-state index contributed by atoms with van der Waals surface area (Å²) < 4.78 is 5.10. The normalized spacial score (nSPS) is 11.5. The molecule has 0 saturated heterocycles. The molecule has 0 spiro atoms. The van der Waals surface area contributed by atoms with Crippen LogP contribution in [0.15, 0.2) is 48.5 Å². The van der Waals surface area contributed by atoms with Crippen LogP contribution < -0.4 is 15.4 Å². The van der Waals surface area contributed by atoms with Gasteiger partial charge < -0.3 is 15.4 Å². The molecule has 2 aromatic carbocycles. The van der Waals surface area contributed by atoms with E-state index in [4.69, 9.17) is 4.74 Å². The van der Waals surface area contributed by atoms with E-state index in [1.54, 1.807) is 31.4 Å². The number of anilines is 1. The van der Waals surface area contributed by atoms with Crippen molar-refractivity contribution in [1.82, 2.24) is 5.32 Å². The van der Waals surface area contributed by atoms with Gasteiger partial charge in [-0.2, -0.15) is 0 Å². The molecule has 0 heterocycles. The Morgan fingerprint density at radius 3 is 2.48 bits per heavy atom. The second-order valence-corrected chi connectivity index (χ2v) is 5.94. The molecule has 5 heteroatoms. The molecule has 2 N–H and O–H groups in total. The molecular formula is C20H24N2O3. The molecule has 0 aromatic heterocycles. The zero-order chi connectivity index (χ0) is 18.2. The maximum absolute atomic E-state index is 12.2. The topological polar surface area (TPSA) is 67.4 Å². The van der Waals surface area contributed by atoms with Crippen molar-refractivity contribution in [1.29, 1.82) is 0 Å². The van der Waals surface area contributed by atoms with Gasteiger partial charge in [-0.05, 0) is 49.2 Å². The van der Waals surface area contributed by atoms with Crippen LogP contribution in [0.25, 0.3) is 0 Å². The fourth-order valence-electron chi connectivity index (χ4n) is 2.28. The zero-order valence-corrected chi connectivity index (χ0v) is 14.8. The highest BCUT2D eigenvalue weighted by atomic mass is 16.5. The number of amides is 2. The Morgan fingerprint density at radius 2 is 1.84 bits per heavy atom. The van der Waals surface area contributed by atoms with Crippen molar-refractivity contribution < 1.29 is 14.3 Å². The molecule has 1 atom stereocenters. The first kappa shape index (κ1) is 18.5. The fraction of sp³-hybridized carbons (Fsp3) is 0.300. The van der Waals surface area contributed by atoms with Crippen molar-refractivity contribution in [3.63, 3.8) is 0 Å². The van der Waals surface area contributed by atoms with Gasteiger partial charge in [0.25, 0.3) is 5.91 Å². The van der Waals surface area contributed by atoms with E-state index in [0.717, 1.165) is 17.7 Å². The van der Waals surface area contributed by atoms with Crippen LogP contribution in [0.4, 0.5) is 5.69 Å². The average molecular weight is 340 g/mol. The van der Waals surface area contributed by atoms with E-state index in [1.807, 2.05) is 38.1 Å². The molecule has 0 unspecified atom stereocenters. The molecule has 0 radical (unpaired) electrons. The highest BCUT2D eigenvalue weighted by Gasteiger charge is 2.10. The number of methoxy groups -OCH3 is 1. The third-order valence-electron chi connectivity index (χ3n) is 3.92. The monoisotopic (exact) mass is 340 g/mol. The number of carbonyl (C=O) groups excluding carboxylic acids is 2. The summed E-state index contributed by atoms with van der Waals surface area (Å²) in [6.45, 7) is 3.97. The number of nitrogens with one attached hydrogen (secondary N) is 2. The largest absolute Gasteiger partial charge is 0.497 e. The van der Waals surface area contributed by atoms with Crippen LogP contribution in [-0.2, 0) is 11.2 Å². The summed E-state index contributed by atoms with van der Waals surface area (Å²) in [6.07, 6.45) is 1.12. The predicted octanol–water partition coefficient (Wildman–Crippen LogP) is 3.40. The lowest BCUT2D eigenvalue weighted by Gasteiger charge is -2.12. The zero-order valence-electron chi connectivity index (χ0n) is 14.8. The molecular weight excluding hydrogens is 316 g/mol. The Hall–Kier alpha value is -2.82. The quantitative estimate of drug-likeness (QED) is 0.812. The Labute approximate surface area is 148 Å². The van der Waals surface area contributed by atoms with E-state index in [1.165, 1.54) is 0 Å². The lowest BCUT2D eigenvalue weighted by molar-refractivity contribution is -0.115. The molecule has 0 aliphatic rings. The van der Waals surface area contributed by atoms with Gasteiger partial charge in [0, 0.05) is 17.3 Å². The van der Waals surface area contributed by atoms with Crippen molar-refractivity contribution in [2.45, 2.75) is 32.7 Å². The summed E-state index contributed by atoms with van der Waals surface area (Å²) in [6, 6.07) is 14.4. The lowest BCUT2D eigenvalue weighted by atomic mass is 10.1. The smallest absolute Gasteiger partial charge is 0.251 e. The Bertz CT molecular complexity index is 726. The first-order chi connectivity index (χ1) is 12.0. The number of benzene rings is 2. The minimum atomic E-state index is -0.138.